The smallest absolute Gasteiger partial charge is 0.410 e. The molecule has 0 spiro atoms. The van der Waals surface area contributed by atoms with E-state index >= 15 is 0 Å². The third-order valence-corrected chi connectivity index (χ3v) is 3.46. The van der Waals surface area contributed by atoms with Crippen molar-refractivity contribution in [1.82, 2.24) is 4.90 Å². The van der Waals surface area contributed by atoms with Gasteiger partial charge < -0.3 is 4.74 Å². The monoisotopic (exact) mass is 183 g/mol. The van der Waals surface area contributed by atoms with Gasteiger partial charge in [0.2, 0.25) is 0 Å². The summed E-state index contributed by atoms with van der Waals surface area (Å²) in [5.41, 5.74) is -0.00984. The van der Waals surface area contributed by atoms with Crippen molar-refractivity contribution >= 4 is 6.09 Å². The van der Waals surface area contributed by atoms with Crippen molar-refractivity contribution in [3.63, 3.8) is 0 Å². The van der Waals surface area contributed by atoms with Gasteiger partial charge in [-0.25, -0.2) is 4.79 Å². The normalized spacial score (nSPS) is 38.8. The second-order valence-electron chi connectivity index (χ2n) is 4.25. The first-order chi connectivity index (χ1) is 6.18. The van der Waals surface area contributed by atoms with Gasteiger partial charge in [0.05, 0.1) is 5.54 Å². The van der Waals surface area contributed by atoms with Crippen LogP contribution < -0.4 is 0 Å². The van der Waals surface area contributed by atoms with Gasteiger partial charge >= 0.3 is 6.09 Å². The third kappa shape index (κ3) is 1.13. The van der Waals surface area contributed by atoms with E-state index in [1.54, 1.807) is 0 Å². The molecule has 0 aliphatic carbocycles. The van der Waals surface area contributed by atoms with Crippen molar-refractivity contribution < 1.29 is 9.53 Å². The molecule has 2 rings (SSSR count). The van der Waals surface area contributed by atoms with Gasteiger partial charge in [-0.3, -0.25) is 4.90 Å². The molecular formula is C10H17NO2. The maximum atomic E-state index is 11.5. The number of cyclic esters (lactones) is 1. The molecule has 0 aromatic carbocycles. The van der Waals surface area contributed by atoms with Gasteiger partial charge in [-0.2, -0.15) is 0 Å². The van der Waals surface area contributed by atoms with Gasteiger partial charge in [-0.1, -0.05) is 6.92 Å². The largest absolute Gasteiger partial charge is 0.444 e. The Morgan fingerprint density at radius 3 is 3.08 bits per heavy atom. The van der Waals surface area contributed by atoms with E-state index in [1.807, 2.05) is 4.90 Å². The molecule has 2 atom stereocenters. The Hall–Kier alpha value is -0.730. The van der Waals surface area contributed by atoms with Gasteiger partial charge in [-0.15, -0.1) is 0 Å². The van der Waals surface area contributed by atoms with Crippen LogP contribution in [0.1, 0.15) is 39.5 Å². The number of carbonyl (C=O) groups excluding carboxylic acids is 1. The summed E-state index contributed by atoms with van der Waals surface area (Å²) in [7, 11) is 0. The number of fused-ring (bicyclic) bond motifs is 1. The molecule has 0 N–H and O–H groups in total. The number of amides is 1. The number of hydrogen-bond acceptors (Lipinski definition) is 2. The maximum absolute atomic E-state index is 11.5. The van der Waals surface area contributed by atoms with Gasteiger partial charge in [0.25, 0.3) is 0 Å². The van der Waals surface area contributed by atoms with Crippen LogP contribution in [0.25, 0.3) is 0 Å². The Kier molecular flexibility index (Phi) is 1.97. The number of hydrogen-bond donors (Lipinski definition) is 0. The first-order valence-electron chi connectivity index (χ1n) is 5.16. The lowest BCUT2D eigenvalue weighted by molar-refractivity contribution is 0.0803. The van der Waals surface area contributed by atoms with Crippen LogP contribution in [0.2, 0.25) is 0 Å². The third-order valence-electron chi connectivity index (χ3n) is 3.46. The standard InChI is InChI=1S/C10H17NO2/c1-3-8-10(2)6-4-5-7-11(10)9(12)13-8/h8H,3-7H2,1-2H3/t8-,10+/m1/s1. The maximum Gasteiger partial charge on any atom is 0.410 e. The van der Waals surface area contributed by atoms with E-state index in [1.165, 1.54) is 6.42 Å². The Balaban J connectivity index is 2.25. The van der Waals surface area contributed by atoms with Gasteiger partial charge in [0, 0.05) is 6.54 Å². The summed E-state index contributed by atoms with van der Waals surface area (Å²) in [6, 6.07) is 0. The van der Waals surface area contributed by atoms with Crippen molar-refractivity contribution in [1.29, 1.82) is 0 Å². The highest BCUT2D eigenvalue weighted by molar-refractivity contribution is 5.72. The lowest BCUT2D eigenvalue weighted by atomic mass is 9.84. The molecule has 2 fully saturated rings. The molecule has 3 nitrogen and oxygen atoms in total. The summed E-state index contributed by atoms with van der Waals surface area (Å²) in [6.07, 6.45) is 4.38. The summed E-state index contributed by atoms with van der Waals surface area (Å²) in [5.74, 6) is 0. The second-order valence-corrected chi connectivity index (χ2v) is 4.25. The minimum atomic E-state index is -0.103. The Labute approximate surface area is 79.0 Å². The minimum absolute atomic E-state index is 0.00984. The molecule has 3 heteroatoms. The number of piperidine rings is 1. The average molecular weight is 183 g/mol. The molecule has 1 amide bonds. The highest BCUT2D eigenvalue weighted by atomic mass is 16.6. The first kappa shape index (κ1) is 8.85. The zero-order valence-electron chi connectivity index (χ0n) is 8.38. The first-order valence-corrected chi connectivity index (χ1v) is 5.16. The molecule has 0 bridgehead atoms. The van der Waals surface area contributed by atoms with Crippen molar-refractivity contribution in [3.05, 3.63) is 0 Å². The molecule has 0 radical (unpaired) electrons. The molecule has 0 aromatic rings. The summed E-state index contributed by atoms with van der Waals surface area (Å²) in [4.78, 5) is 13.4. The van der Waals surface area contributed by atoms with E-state index in [9.17, 15) is 4.79 Å². The molecule has 2 heterocycles. The Morgan fingerprint density at radius 2 is 2.38 bits per heavy atom. The molecule has 2 saturated heterocycles. The van der Waals surface area contributed by atoms with E-state index in [4.69, 9.17) is 4.74 Å². The summed E-state index contributed by atoms with van der Waals surface area (Å²) >= 11 is 0. The summed E-state index contributed by atoms with van der Waals surface area (Å²) in [6.45, 7) is 5.12. The molecule has 13 heavy (non-hydrogen) atoms. The minimum Gasteiger partial charge on any atom is -0.444 e. The summed E-state index contributed by atoms with van der Waals surface area (Å²) in [5, 5.41) is 0. The fourth-order valence-electron chi connectivity index (χ4n) is 2.61. The molecule has 2 aliphatic rings. The molecule has 2 aliphatic heterocycles. The lowest BCUT2D eigenvalue weighted by Gasteiger charge is -2.39. The fraction of sp³-hybridized carbons (Fsp3) is 0.900. The van der Waals surface area contributed by atoms with Crippen LogP contribution in [0.5, 0.6) is 0 Å². The number of carbonyl (C=O) groups is 1. The van der Waals surface area contributed by atoms with E-state index < -0.39 is 0 Å². The zero-order chi connectivity index (χ0) is 9.47. The van der Waals surface area contributed by atoms with E-state index in [0.717, 1.165) is 25.8 Å². The van der Waals surface area contributed by atoms with E-state index in [2.05, 4.69) is 13.8 Å². The van der Waals surface area contributed by atoms with Crippen LogP contribution in [-0.2, 0) is 4.74 Å². The second kappa shape index (κ2) is 2.89. The fourth-order valence-corrected chi connectivity index (χ4v) is 2.61. The molecule has 0 aromatic heterocycles. The highest BCUT2D eigenvalue weighted by Crippen LogP contribution is 2.39. The van der Waals surface area contributed by atoms with Crippen molar-refractivity contribution in [2.75, 3.05) is 6.54 Å². The van der Waals surface area contributed by atoms with Crippen LogP contribution in [0.15, 0.2) is 0 Å². The van der Waals surface area contributed by atoms with Crippen LogP contribution in [0.4, 0.5) is 4.79 Å². The van der Waals surface area contributed by atoms with Gasteiger partial charge in [0.15, 0.2) is 0 Å². The zero-order valence-corrected chi connectivity index (χ0v) is 8.38. The summed E-state index contributed by atoms with van der Waals surface area (Å²) < 4.78 is 5.35. The SMILES string of the molecule is CC[C@H]1OC(=O)N2CCCC[C@@]12C. The van der Waals surface area contributed by atoms with Crippen LogP contribution in [-0.4, -0.2) is 29.2 Å². The number of nitrogens with zero attached hydrogens (tertiary/aromatic N) is 1. The number of ether oxygens (including phenoxy) is 1. The van der Waals surface area contributed by atoms with Crippen LogP contribution in [0, 0.1) is 0 Å². The molecule has 0 unspecified atom stereocenters. The highest BCUT2D eigenvalue weighted by Gasteiger charge is 2.51. The topological polar surface area (TPSA) is 29.5 Å². The lowest BCUT2D eigenvalue weighted by Crippen LogP contribution is -2.51. The van der Waals surface area contributed by atoms with Crippen LogP contribution >= 0.6 is 0 Å². The Bertz CT molecular complexity index is 229. The number of rotatable bonds is 1. The quantitative estimate of drug-likeness (QED) is 0.623. The average Bonchev–Trinajstić information content (AvgIpc) is 2.38. The predicted octanol–water partition coefficient (Wildman–Crippen LogP) is 2.16. The van der Waals surface area contributed by atoms with E-state index in [0.29, 0.717) is 0 Å². The van der Waals surface area contributed by atoms with Crippen molar-refractivity contribution in [2.45, 2.75) is 51.2 Å². The molecule has 0 saturated carbocycles. The molecular weight excluding hydrogens is 166 g/mol. The Morgan fingerprint density at radius 1 is 1.62 bits per heavy atom. The van der Waals surface area contributed by atoms with Gasteiger partial charge in [0.1, 0.15) is 6.10 Å². The van der Waals surface area contributed by atoms with Crippen molar-refractivity contribution in [3.8, 4) is 0 Å². The van der Waals surface area contributed by atoms with E-state index in [-0.39, 0.29) is 17.7 Å². The van der Waals surface area contributed by atoms with Crippen LogP contribution in [0.3, 0.4) is 0 Å². The predicted molar refractivity (Wildman–Crippen MR) is 49.5 cm³/mol. The molecule has 74 valence electrons. The van der Waals surface area contributed by atoms with Crippen molar-refractivity contribution in [2.24, 2.45) is 0 Å². The van der Waals surface area contributed by atoms with Gasteiger partial charge in [-0.05, 0) is 32.6 Å².